The van der Waals surface area contributed by atoms with Crippen LogP contribution < -0.4 is 5.32 Å². The minimum Gasteiger partial charge on any atom is -0.465 e. The smallest absolute Gasteiger partial charge is 0.350 e. The Kier molecular flexibility index (Phi) is 4.27. The number of anilines is 1. The number of thiazole rings is 1. The van der Waals surface area contributed by atoms with Gasteiger partial charge in [-0.15, -0.1) is 0 Å². The lowest BCUT2D eigenvalue weighted by Gasteiger charge is -2.03. The summed E-state index contributed by atoms with van der Waals surface area (Å²) < 4.78 is 31.1. The number of methoxy groups -OCH3 is 1. The first kappa shape index (κ1) is 15.0. The normalized spacial score (nSPS) is 10.3. The number of carbonyl (C=O) groups is 2. The molecule has 0 aliphatic heterocycles. The SMILES string of the molecule is COC(=O)c1sc(NC(=O)c2cc(F)ccc2F)nc1C. The van der Waals surface area contributed by atoms with Gasteiger partial charge in [-0.3, -0.25) is 10.1 Å². The molecule has 1 heterocycles. The molecule has 8 heteroatoms. The van der Waals surface area contributed by atoms with Crippen molar-refractivity contribution in [3.05, 3.63) is 46.0 Å². The van der Waals surface area contributed by atoms with E-state index in [0.717, 1.165) is 29.5 Å². The van der Waals surface area contributed by atoms with Gasteiger partial charge in [-0.25, -0.2) is 18.6 Å². The van der Waals surface area contributed by atoms with Crippen molar-refractivity contribution in [2.45, 2.75) is 6.92 Å². The summed E-state index contributed by atoms with van der Waals surface area (Å²) in [6.45, 7) is 1.57. The number of nitrogens with zero attached hydrogens (tertiary/aromatic N) is 1. The van der Waals surface area contributed by atoms with Crippen LogP contribution in [0.3, 0.4) is 0 Å². The fourth-order valence-electron chi connectivity index (χ4n) is 1.57. The van der Waals surface area contributed by atoms with Crippen LogP contribution in [0.4, 0.5) is 13.9 Å². The first-order valence-electron chi connectivity index (χ1n) is 5.74. The molecule has 0 saturated heterocycles. The maximum atomic E-state index is 13.5. The van der Waals surface area contributed by atoms with E-state index in [4.69, 9.17) is 0 Å². The Morgan fingerprint density at radius 1 is 1.33 bits per heavy atom. The molecule has 1 N–H and O–H groups in total. The van der Waals surface area contributed by atoms with Crippen LogP contribution in [0.5, 0.6) is 0 Å². The van der Waals surface area contributed by atoms with Gasteiger partial charge in [0.1, 0.15) is 16.5 Å². The molecule has 1 amide bonds. The van der Waals surface area contributed by atoms with Gasteiger partial charge in [0.25, 0.3) is 5.91 Å². The maximum absolute atomic E-state index is 13.5. The van der Waals surface area contributed by atoms with E-state index >= 15 is 0 Å². The monoisotopic (exact) mass is 312 g/mol. The van der Waals surface area contributed by atoms with Crippen molar-refractivity contribution < 1.29 is 23.1 Å². The van der Waals surface area contributed by atoms with Crippen molar-refractivity contribution in [2.75, 3.05) is 12.4 Å². The number of esters is 1. The first-order chi connectivity index (χ1) is 9.92. The number of benzene rings is 1. The summed E-state index contributed by atoms with van der Waals surface area (Å²) in [7, 11) is 1.22. The number of hydrogen-bond acceptors (Lipinski definition) is 5. The molecule has 0 bridgehead atoms. The Bertz CT molecular complexity index is 715. The third kappa shape index (κ3) is 3.22. The third-order valence-electron chi connectivity index (χ3n) is 2.56. The maximum Gasteiger partial charge on any atom is 0.350 e. The highest BCUT2D eigenvalue weighted by Crippen LogP contribution is 2.24. The molecule has 5 nitrogen and oxygen atoms in total. The van der Waals surface area contributed by atoms with E-state index < -0.39 is 29.1 Å². The lowest BCUT2D eigenvalue weighted by atomic mass is 10.2. The molecule has 0 aliphatic rings. The molecule has 0 spiro atoms. The molecular weight excluding hydrogens is 302 g/mol. The minimum atomic E-state index is -0.852. The van der Waals surface area contributed by atoms with E-state index in [2.05, 4.69) is 15.0 Å². The number of amides is 1. The number of aryl methyl sites for hydroxylation is 1. The molecule has 0 unspecified atom stereocenters. The third-order valence-corrected chi connectivity index (χ3v) is 3.61. The summed E-state index contributed by atoms with van der Waals surface area (Å²) >= 11 is 0.891. The quantitative estimate of drug-likeness (QED) is 0.885. The highest BCUT2D eigenvalue weighted by Gasteiger charge is 2.19. The van der Waals surface area contributed by atoms with Gasteiger partial charge in [0.2, 0.25) is 0 Å². The Morgan fingerprint density at radius 3 is 2.71 bits per heavy atom. The van der Waals surface area contributed by atoms with Crippen LogP contribution in [0.1, 0.15) is 25.7 Å². The number of hydrogen-bond donors (Lipinski definition) is 1. The van der Waals surface area contributed by atoms with Gasteiger partial charge >= 0.3 is 5.97 Å². The zero-order valence-electron chi connectivity index (χ0n) is 11.1. The fourth-order valence-corrected chi connectivity index (χ4v) is 2.45. The van der Waals surface area contributed by atoms with Crippen LogP contribution in [0.15, 0.2) is 18.2 Å². The molecule has 0 saturated carbocycles. The summed E-state index contributed by atoms with van der Waals surface area (Å²) in [6, 6.07) is 2.55. The van der Waals surface area contributed by atoms with E-state index in [1.165, 1.54) is 7.11 Å². The predicted octanol–water partition coefficient (Wildman–Crippen LogP) is 2.77. The van der Waals surface area contributed by atoms with Crippen molar-refractivity contribution in [3.63, 3.8) is 0 Å². The summed E-state index contributed by atoms with van der Waals surface area (Å²) in [5, 5.41) is 2.42. The van der Waals surface area contributed by atoms with Crippen molar-refractivity contribution in [1.29, 1.82) is 0 Å². The van der Waals surface area contributed by atoms with Gasteiger partial charge in [-0.05, 0) is 25.1 Å². The second-order valence-corrected chi connectivity index (χ2v) is 5.00. The van der Waals surface area contributed by atoms with Gasteiger partial charge in [0, 0.05) is 0 Å². The van der Waals surface area contributed by atoms with Crippen molar-refractivity contribution in [1.82, 2.24) is 4.98 Å². The summed E-state index contributed by atoms with van der Waals surface area (Å²) in [6.07, 6.45) is 0. The number of rotatable bonds is 3. The average molecular weight is 312 g/mol. The van der Waals surface area contributed by atoms with Crippen LogP contribution in [0, 0.1) is 18.6 Å². The molecule has 110 valence electrons. The zero-order chi connectivity index (χ0) is 15.6. The number of halogens is 2. The molecule has 0 atom stereocenters. The molecule has 2 rings (SSSR count). The van der Waals surface area contributed by atoms with Crippen LogP contribution >= 0.6 is 11.3 Å². The van der Waals surface area contributed by atoms with Crippen molar-refractivity contribution in [2.24, 2.45) is 0 Å². The number of carbonyl (C=O) groups excluding carboxylic acids is 2. The largest absolute Gasteiger partial charge is 0.465 e. The van der Waals surface area contributed by atoms with Crippen LogP contribution in [-0.4, -0.2) is 24.0 Å². The summed E-state index contributed by atoms with van der Waals surface area (Å²) in [5.74, 6) is -3.01. The van der Waals surface area contributed by atoms with Gasteiger partial charge in [0.15, 0.2) is 5.13 Å². The Labute approximate surface area is 122 Å². The van der Waals surface area contributed by atoms with E-state index in [1.807, 2.05) is 0 Å². The van der Waals surface area contributed by atoms with E-state index in [9.17, 15) is 18.4 Å². The molecular formula is C13H10F2N2O3S. The second-order valence-electron chi connectivity index (χ2n) is 4.00. The van der Waals surface area contributed by atoms with Crippen LogP contribution in [-0.2, 0) is 4.74 Å². The molecule has 0 fully saturated rings. The Hall–Kier alpha value is -2.35. The van der Waals surface area contributed by atoms with Crippen molar-refractivity contribution >= 4 is 28.3 Å². The molecule has 1 aromatic carbocycles. The second kappa shape index (κ2) is 5.96. The molecule has 0 aliphatic carbocycles. The molecule has 1 aromatic heterocycles. The van der Waals surface area contributed by atoms with Crippen LogP contribution in [0.2, 0.25) is 0 Å². The summed E-state index contributed by atoms with van der Waals surface area (Å²) in [5.41, 5.74) is -0.0654. The lowest BCUT2D eigenvalue weighted by molar-refractivity contribution is 0.0605. The molecule has 2 aromatic rings. The Balaban J connectivity index is 2.24. The molecule has 0 radical (unpaired) electrons. The Morgan fingerprint density at radius 2 is 2.05 bits per heavy atom. The highest BCUT2D eigenvalue weighted by atomic mass is 32.1. The van der Waals surface area contributed by atoms with Gasteiger partial charge in [-0.2, -0.15) is 0 Å². The summed E-state index contributed by atoms with van der Waals surface area (Å²) in [4.78, 5) is 27.5. The number of ether oxygens (including phenoxy) is 1. The number of nitrogens with one attached hydrogen (secondary N) is 1. The van der Waals surface area contributed by atoms with Gasteiger partial charge in [0.05, 0.1) is 18.4 Å². The zero-order valence-corrected chi connectivity index (χ0v) is 11.9. The standard InChI is InChI=1S/C13H10F2N2O3S/c1-6-10(12(19)20-2)21-13(16-6)17-11(18)8-5-7(14)3-4-9(8)15/h3-5H,1-2H3,(H,16,17,18). The average Bonchev–Trinajstić information content (AvgIpc) is 2.81. The van der Waals surface area contributed by atoms with Crippen molar-refractivity contribution in [3.8, 4) is 0 Å². The van der Waals surface area contributed by atoms with E-state index in [1.54, 1.807) is 6.92 Å². The highest BCUT2D eigenvalue weighted by molar-refractivity contribution is 7.17. The van der Waals surface area contributed by atoms with Crippen LogP contribution in [0.25, 0.3) is 0 Å². The van der Waals surface area contributed by atoms with Gasteiger partial charge < -0.3 is 4.74 Å². The van der Waals surface area contributed by atoms with E-state index in [0.29, 0.717) is 5.69 Å². The topological polar surface area (TPSA) is 68.3 Å². The van der Waals surface area contributed by atoms with Gasteiger partial charge in [-0.1, -0.05) is 11.3 Å². The first-order valence-corrected chi connectivity index (χ1v) is 6.56. The predicted molar refractivity (Wildman–Crippen MR) is 72.5 cm³/mol. The lowest BCUT2D eigenvalue weighted by Crippen LogP contribution is -2.13. The fraction of sp³-hybridized carbons (Fsp3) is 0.154. The molecule has 21 heavy (non-hydrogen) atoms. The minimum absolute atomic E-state index is 0.0987. The number of aromatic nitrogens is 1. The van der Waals surface area contributed by atoms with E-state index in [-0.39, 0.29) is 10.0 Å².